The number of hydrogen-bond donors (Lipinski definition) is 2. The molecule has 3 aromatic rings. The van der Waals surface area contributed by atoms with Crippen molar-refractivity contribution in [3.63, 3.8) is 0 Å². The molecule has 0 atom stereocenters. The first kappa shape index (κ1) is 20.9. The Balaban J connectivity index is 1.29. The molecule has 0 saturated carbocycles. The van der Waals surface area contributed by atoms with Gasteiger partial charge in [-0.1, -0.05) is 18.2 Å². The lowest BCUT2D eigenvalue weighted by atomic mass is 10.0. The van der Waals surface area contributed by atoms with Crippen LogP contribution < -0.4 is 10.1 Å². The number of methoxy groups -OCH3 is 1. The van der Waals surface area contributed by atoms with Gasteiger partial charge in [0.05, 0.1) is 12.8 Å². The SMILES string of the molecule is COc1cc(CN2CCC(NC(=O)n3cnc(-c4cccc(O)c4)c3)CC2)ccc1F. The summed E-state index contributed by atoms with van der Waals surface area (Å²) in [6.45, 7) is 2.39. The number of phenolic OH excluding ortho intramolecular Hbond substituents is 1. The fraction of sp³-hybridized carbons (Fsp3) is 0.304. The lowest BCUT2D eigenvalue weighted by molar-refractivity contribution is 0.187. The van der Waals surface area contributed by atoms with Gasteiger partial charge in [0.15, 0.2) is 11.6 Å². The second kappa shape index (κ2) is 9.18. The average Bonchev–Trinajstić information content (AvgIpc) is 3.27. The van der Waals surface area contributed by atoms with E-state index in [4.69, 9.17) is 4.74 Å². The van der Waals surface area contributed by atoms with Gasteiger partial charge in [-0.25, -0.2) is 14.2 Å². The van der Waals surface area contributed by atoms with Gasteiger partial charge in [-0.15, -0.1) is 0 Å². The van der Waals surface area contributed by atoms with E-state index in [0.29, 0.717) is 12.2 Å². The molecule has 8 heteroatoms. The summed E-state index contributed by atoms with van der Waals surface area (Å²) >= 11 is 0. The Hall–Kier alpha value is -3.39. The van der Waals surface area contributed by atoms with Crippen molar-refractivity contribution in [2.45, 2.75) is 25.4 Å². The minimum absolute atomic E-state index is 0.0816. The molecule has 0 radical (unpaired) electrons. The van der Waals surface area contributed by atoms with Crippen molar-refractivity contribution >= 4 is 6.03 Å². The molecule has 1 aromatic heterocycles. The van der Waals surface area contributed by atoms with Gasteiger partial charge in [0.1, 0.15) is 12.1 Å². The van der Waals surface area contributed by atoms with Crippen LogP contribution in [0.3, 0.4) is 0 Å². The molecule has 31 heavy (non-hydrogen) atoms. The Labute approximate surface area is 180 Å². The topological polar surface area (TPSA) is 79.6 Å². The van der Waals surface area contributed by atoms with Crippen molar-refractivity contribution in [1.29, 1.82) is 0 Å². The van der Waals surface area contributed by atoms with Crippen LogP contribution in [0.25, 0.3) is 11.3 Å². The molecule has 1 aliphatic heterocycles. The Morgan fingerprint density at radius 1 is 1.26 bits per heavy atom. The first-order valence-corrected chi connectivity index (χ1v) is 10.2. The molecule has 0 spiro atoms. The highest BCUT2D eigenvalue weighted by atomic mass is 19.1. The van der Waals surface area contributed by atoms with E-state index in [1.54, 1.807) is 36.5 Å². The Kier molecular flexibility index (Phi) is 6.18. The zero-order valence-corrected chi connectivity index (χ0v) is 17.3. The van der Waals surface area contributed by atoms with Gasteiger partial charge in [-0.3, -0.25) is 9.47 Å². The van der Waals surface area contributed by atoms with Crippen molar-refractivity contribution in [2.75, 3.05) is 20.2 Å². The minimum atomic E-state index is -0.362. The van der Waals surface area contributed by atoms with E-state index >= 15 is 0 Å². The van der Waals surface area contributed by atoms with Gasteiger partial charge in [0, 0.05) is 37.4 Å². The van der Waals surface area contributed by atoms with Crippen molar-refractivity contribution < 1.29 is 19.0 Å². The third-order valence-electron chi connectivity index (χ3n) is 5.50. The van der Waals surface area contributed by atoms with Crippen LogP contribution in [0.5, 0.6) is 11.5 Å². The standard InChI is InChI=1S/C23H25FN4O3/c1-31-22-11-16(5-6-20(22)24)13-27-9-7-18(8-10-27)26-23(30)28-14-21(25-15-28)17-3-2-4-19(29)12-17/h2-6,11-12,14-15,18,29H,7-10,13H2,1H3,(H,26,30). The van der Waals surface area contributed by atoms with E-state index in [9.17, 15) is 14.3 Å². The molecule has 1 fully saturated rings. The fourth-order valence-electron chi connectivity index (χ4n) is 3.79. The average molecular weight is 424 g/mol. The molecule has 2 N–H and O–H groups in total. The van der Waals surface area contributed by atoms with Crippen molar-refractivity contribution in [1.82, 2.24) is 19.8 Å². The third-order valence-corrected chi connectivity index (χ3v) is 5.50. The molecule has 0 unspecified atom stereocenters. The normalized spacial score (nSPS) is 15.0. The summed E-state index contributed by atoms with van der Waals surface area (Å²) in [7, 11) is 1.46. The van der Waals surface area contributed by atoms with Crippen LogP contribution in [0, 0.1) is 5.82 Å². The van der Waals surface area contributed by atoms with Gasteiger partial charge >= 0.3 is 6.03 Å². The number of rotatable bonds is 5. The quantitative estimate of drug-likeness (QED) is 0.654. The summed E-state index contributed by atoms with van der Waals surface area (Å²) in [5.74, 6) is 0.0480. The first-order valence-electron chi connectivity index (χ1n) is 10.2. The number of imidazole rings is 1. The molecule has 1 saturated heterocycles. The van der Waals surface area contributed by atoms with E-state index in [2.05, 4.69) is 15.2 Å². The minimum Gasteiger partial charge on any atom is -0.508 e. The Bertz CT molecular complexity index is 1060. The van der Waals surface area contributed by atoms with Crippen LogP contribution in [0.2, 0.25) is 0 Å². The number of aromatic nitrogens is 2. The van der Waals surface area contributed by atoms with Crippen LogP contribution in [0.1, 0.15) is 18.4 Å². The Morgan fingerprint density at radius 2 is 2.06 bits per heavy atom. The zero-order chi connectivity index (χ0) is 21.8. The van der Waals surface area contributed by atoms with Gasteiger partial charge in [-0.05, 0) is 42.7 Å². The smallest absolute Gasteiger partial charge is 0.327 e. The predicted molar refractivity (Wildman–Crippen MR) is 115 cm³/mol. The molecule has 0 aliphatic carbocycles. The summed E-state index contributed by atoms with van der Waals surface area (Å²) in [4.78, 5) is 19.1. The van der Waals surface area contributed by atoms with Gasteiger partial charge in [-0.2, -0.15) is 0 Å². The summed E-state index contributed by atoms with van der Waals surface area (Å²) in [6, 6.07) is 11.6. The number of phenols is 1. The molecule has 4 rings (SSSR count). The monoisotopic (exact) mass is 424 g/mol. The highest BCUT2D eigenvalue weighted by Gasteiger charge is 2.22. The number of carbonyl (C=O) groups is 1. The number of ether oxygens (including phenoxy) is 1. The molecular weight excluding hydrogens is 399 g/mol. The van der Waals surface area contributed by atoms with Crippen LogP contribution in [-0.2, 0) is 6.54 Å². The number of benzene rings is 2. The molecular formula is C23H25FN4O3. The van der Waals surface area contributed by atoms with Crippen LogP contribution >= 0.6 is 0 Å². The zero-order valence-electron chi connectivity index (χ0n) is 17.3. The number of amides is 1. The number of carbonyl (C=O) groups excluding carboxylic acids is 1. The highest BCUT2D eigenvalue weighted by molar-refractivity contribution is 5.78. The predicted octanol–water partition coefficient (Wildman–Crippen LogP) is 3.63. The van der Waals surface area contributed by atoms with Gasteiger partial charge in [0.25, 0.3) is 0 Å². The number of hydrogen-bond acceptors (Lipinski definition) is 5. The van der Waals surface area contributed by atoms with E-state index in [1.807, 2.05) is 6.07 Å². The lowest BCUT2D eigenvalue weighted by Gasteiger charge is -2.32. The summed E-state index contributed by atoms with van der Waals surface area (Å²) < 4.78 is 20.1. The number of halogens is 1. The molecule has 2 heterocycles. The molecule has 2 aromatic carbocycles. The molecule has 7 nitrogen and oxygen atoms in total. The highest BCUT2D eigenvalue weighted by Crippen LogP contribution is 2.22. The number of piperidine rings is 1. The molecule has 1 amide bonds. The van der Waals surface area contributed by atoms with Gasteiger partial charge in [0.2, 0.25) is 0 Å². The maximum Gasteiger partial charge on any atom is 0.327 e. The summed E-state index contributed by atoms with van der Waals surface area (Å²) in [6.07, 6.45) is 4.79. The molecule has 0 bridgehead atoms. The maximum atomic E-state index is 13.6. The number of nitrogens with zero attached hydrogens (tertiary/aromatic N) is 3. The summed E-state index contributed by atoms with van der Waals surface area (Å²) in [5.41, 5.74) is 2.37. The van der Waals surface area contributed by atoms with E-state index in [-0.39, 0.29) is 29.4 Å². The van der Waals surface area contributed by atoms with Crippen molar-refractivity contribution in [2.24, 2.45) is 0 Å². The summed E-state index contributed by atoms with van der Waals surface area (Å²) in [5, 5.41) is 12.7. The fourth-order valence-corrected chi connectivity index (χ4v) is 3.79. The van der Waals surface area contributed by atoms with Crippen LogP contribution in [0.15, 0.2) is 55.0 Å². The van der Waals surface area contributed by atoms with E-state index < -0.39 is 0 Å². The molecule has 1 aliphatic rings. The first-order chi connectivity index (χ1) is 15.0. The largest absolute Gasteiger partial charge is 0.508 e. The lowest BCUT2D eigenvalue weighted by Crippen LogP contribution is -2.45. The number of aromatic hydroxyl groups is 1. The maximum absolute atomic E-state index is 13.6. The van der Waals surface area contributed by atoms with Crippen molar-refractivity contribution in [3.05, 3.63) is 66.4 Å². The second-order valence-electron chi connectivity index (χ2n) is 7.69. The number of nitrogens with one attached hydrogen (secondary N) is 1. The van der Waals surface area contributed by atoms with E-state index in [1.165, 1.54) is 24.1 Å². The van der Waals surface area contributed by atoms with E-state index in [0.717, 1.165) is 37.1 Å². The Morgan fingerprint density at radius 3 is 2.81 bits per heavy atom. The molecule has 162 valence electrons. The second-order valence-corrected chi connectivity index (χ2v) is 7.69. The third kappa shape index (κ3) is 5.03. The van der Waals surface area contributed by atoms with Crippen LogP contribution in [0.4, 0.5) is 9.18 Å². The van der Waals surface area contributed by atoms with Gasteiger partial charge < -0.3 is 15.2 Å². The van der Waals surface area contributed by atoms with Crippen LogP contribution in [-0.4, -0.2) is 51.8 Å². The number of likely N-dealkylation sites (tertiary alicyclic amines) is 1. The van der Waals surface area contributed by atoms with Crippen molar-refractivity contribution in [3.8, 4) is 22.8 Å².